The molecule has 1 heterocycles. The number of imidazole rings is 1. The van der Waals surface area contributed by atoms with Crippen LogP contribution in [0.15, 0.2) is 53.6 Å². The molecule has 0 atom stereocenters. The van der Waals surface area contributed by atoms with Crippen molar-refractivity contribution in [2.24, 2.45) is 16.7 Å². The quantitative estimate of drug-likeness (QED) is 0.0403. The minimum absolute atomic E-state index is 0.0154. The third-order valence-corrected chi connectivity index (χ3v) is 7.31. The minimum atomic E-state index is -0.901. The van der Waals surface area contributed by atoms with Crippen molar-refractivity contribution >= 4 is 35.3 Å². The van der Waals surface area contributed by atoms with E-state index in [1.807, 2.05) is 41.0 Å². The molecule has 2 aromatic carbocycles. The van der Waals surface area contributed by atoms with Gasteiger partial charge in [-0.15, -0.1) is 20.3 Å². The number of thioether (sulfide) groups is 1. The molecular formula is C27H34ClN7O6S. The summed E-state index contributed by atoms with van der Waals surface area (Å²) >= 11 is 7.60. The van der Waals surface area contributed by atoms with Crippen LogP contribution in [0.1, 0.15) is 42.4 Å². The van der Waals surface area contributed by atoms with Crippen LogP contribution in [0.2, 0.25) is 5.15 Å². The SMILES string of the molecule is CCCCc1nc(Cl)c(CO)n1Cc1ccc(-c2ccccc2/C(N)=N/N(N)C(=O)OCCSCCO[N+](=O)[O-])cc1. The maximum absolute atomic E-state index is 12.2. The van der Waals surface area contributed by atoms with Crippen LogP contribution in [0.3, 0.4) is 0 Å². The standard InChI is InChI=1S/C27H34ClN7O6S/c1-2-3-8-24-31-25(28)23(18-36)33(24)17-19-9-11-20(12-10-19)21-6-4-5-7-22(21)26(29)32-34(30)27(37)40-13-15-42-16-14-41-35(38)39/h4-7,9-12,36H,2-3,8,13-18,30H2,1H3,(H2,29,32). The number of aromatic nitrogens is 2. The maximum Gasteiger partial charge on any atom is 0.445 e. The average molecular weight is 620 g/mol. The number of hydrazone groups is 1. The second-order valence-corrected chi connectivity index (χ2v) is 10.6. The molecule has 42 heavy (non-hydrogen) atoms. The molecule has 0 aliphatic carbocycles. The molecule has 0 radical (unpaired) electrons. The molecular weight excluding hydrogens is 586 g/mol. The summed E-state index contributed by atoms with van der Waals surface area (Å²) in [6.45, 7) is 2.39. The lowest BCUT2D eigenvalue weighted by molar-refractivity contribution is -0.756. The fourth-order valence-corrected chi connectivity index (χ4v) is 4.89. The predicted octanol–water partition coefficient (Wildman–Crippen LogP) is 3.96. The number of nitrogens with zero attached hydrogens (tertiary/aromatic N) is 5. The molecule has 0 saturated heterocycles. The Labute approximate surface area is 252 Å². The Morgan fingerprint density at radius 2 is 1.93 bits per heavy atom. The van der Waals surface area contributed by atoms with E-state index in [2.05, 4.69) is 21.8 Å². The highest BCUT2D eigenvalue weighted by Gasteiger charge is 2.16. The summed E-state index contributed by atoms with van der Waals surface area (Å²) in [7, 11) is 0. The smallest absolute Gasteiger partial charge is 0.445 e. The fraction of sp³-hybridized carbons (Fsp3) is 0.370. The molecule has 5 N–H and O–H groups in total. The number of aliphatic hydroxyl groups excluding tert-OH is 1. The Bertz CT molecular complexity index is 1370. The van der Waals surface area contributed by atoms with E-state index in [-0.39, 0.29) is 25.7 Å². The summed E-state index contributed by atoms with van der Waals surface area (Å²) in [5.41, 5.74) is 10.0. The Hall–Kier alpha value is -3.85. The van der Waals surface area contributed by atoms with Gasteiger partial charge in [-0.25, -0.2) is 15.6 Å². The molecule has 0 spiro atoms. The number of hydrogen-bond acceptors (Lipinski definition) is 10. The number of hydrazine groups is 1. The number of carbonyl (C=O) groups is 1. The summed E-state index contributed by atoms with van der Waals surface area (Å²) in [5, 5.41) is 24.0. The molecule has 15 heteroatoms. The van der Waals surface area contributed by atoms with Gasteiger partial charge in [0.1, 0.15) is 19.0 Å². The molecule has 13 nitrogen and oxygen atoms in total. The third-order valence-electron chi connectivity index (χ3n) is 6.10. The zero-order chi connectivity index (χ0) is 30.5. The number of nitrogens with two attached hydrogens (primary N) is 2. The first-order valence-corrected chi connectivity index (χ1v) is 14.7. The van der Waals surface area contributed by atoms with Crippen molar-refractivity contribution in [2.75, 3.05) is 24.7 Å². The molecule has 3 aromatic rings. The molecule has 0 unspecified atom stereocenters. The number of ether oxygens (including phenoxy) is 1. The number of amides is 1. The Kier molecular flexibility index (Phi) is 12.9. The van der Waals surface area contributed by atoms with Gasteiger partial charge in [0.05, 0.1) is 12.3 Å². The zero-order valence-corrected chi connectivity index (χ0v) is 24.7. The van der Waals surface area contributed by atoms with Crippen molar-refractivity contribution in [3.8, 4) is 11.1 Å². The lowest BCUT2D eigenvalue weighted by Crippen LogP contribution is -2.36. The highest BCUT2D eigenvalue weighted by Crippen LogP contribution is 2.26. The van der Waals surface area contributed by atoms with Crippen LogP contribution in [0.25, 0.3) is 11.1 Å². The average Bonchev–Trinajstić information content (AvgIpc) is 3.28. The number of amidine groups is 1. The van der Waals surface area contributed by atoms with Gasteiger partial charge in [0, 0.05) is 30.0 Å². The summed E-state index contributed by atoms with van der Waals surface area (Å²) in [5.74, 6) is 7.38. The van der Waals surface area contributed by atoms with E-state index >= 15 is 0 Å². The molecule has 0 fully saturated rings. The van der Waals surface area contributed by atoms with Crippen LogP contribution in [-0.4, -0.2) is 61.5 Å². The number of carbonyl (C=O) groups excluding carboxylic acids is 1. The van der Waals surface area contributed by atoms with Crippen LogP contribution in [0.4, 0.5) is 4.79 Å². The van der Waals surface area contributed by atoms with E-state index in [1.165, 1.54) is 11.8 Å². The van der Waals surface area contributed by atoms with Crippen molar-refractivity contribution in [1.29, 1.82) is 0 Å². The molecule has 226 valence electrons. The number of aryl methyl sites for hydroxylation is 1. The Morgan fingerprint density at radius 3 is 2.62 bits per heavy atom. The van der Waals surface area contributed by atoms with Crippen LogP contribution in [-0.2, 0) is 29.1 Å². The Balaban J connectivity index is 1.67. The molecule has 0 aliphatic rings. The highest BCUT2D eigenvalue weighted by molar-refractivity contribution is 7.99. The van der Waals surface area contributed by atoms with Crippen molar-refractivity contribution in [3.05, 3.63) is 86.4 Å². The van der Waals surface area contributed by atoms with Crippen molar-refractivity contribution in [1.82, 2.24) is 14.7 Å². The summed E-state index contributed by atoms with van der Waals surface area (Å²) < 4.78 is 7.03. The number of rotatable bonds is 16. The van der Waals surface area contributed by atoms with E-state index in [9.17, 15) is 20.0 Å². The lowest BCUT2D eigenvalue weighted by Gasteiger charge is -2.15. The van der Waals surface area contributed by atoms with Gasteiger partial charge in [-0.2, -0.15) is 11.8 Å². The van der Waals surface area contributed by atoms with Gasteiger partial charge < -0.3 is 25.0 Å². The van der Waals surface area contributed by atoms with E-state index < -0.39 is 11.2 Å². The largest absolute Gasteiger partial charge is 0.446 e. The van der Waals surface area contributed by atoms with Crippen LogP contribution in [0.5, 0.6) is 0 Å². The topological polar surface area (TPSA) is 184 Å². The van der Waals surface area contributed by atoms with Gasteiger partial charge in [-0.05, 0) is 23.1 Å². The normalized spacial score (nSPS) is 11.4. The first-order chi connectivity index (χ1) is 20.2. The first-order valence-electron chi connectivity index (χ1n) is 13.2. The molecule has 0 saturated carbocycles. The van der Waals surface area contributed by atoms with Gasteiger partial charge in [0.2, 0.25) is 0 Å². The number of unbranched alkanes of at least 4 members (excludes halogenated alkanes) is 1. The number of benzene rings is 2. The van der Waals surface area contributed by atoms with Gasteiger partial charge >= 0.3 is 6.09 Å². The molecule has 0 bridgehead atoms. The second-order valence-electron chi connectivity index (χ2n) is 8.97. The number of hydrogen-bond donors (Lipinski definition) is 3. The van der Waals surface area contributed by atoms with Gasteiger partial charge in [0.15, 0.2) is 11.0 Å². The fourth-order valence-electron chi connectivity index (χ4n) is 4.04. The van der Waals surface area contributed by atoms with Crippen LogP contribution in [0, 0.1) is 10.1 Å². The maximum atomic E-state index is 12.2. The summed E-state index contributed by atoms with van der Waals surface area (Å²) in [4.78, 5) is 31.0. The third kappa shape index (κ3) is 9.34. The number of aliphatic hydroxyl groups is 1. The molecule has 1 aromatic heterocycles. The van der Waals surface area contributed by atoms with Crippen molar-refractivity contribution in [2.45, 2.75) is 39.3 Å². The molecule has 3 rings (SSSR count). The van der Waals surface area contributed by atoms with E-state index in [0.29, 0.717) is 39.6 Å². The first kappa shape index (κ1) is 32.7. The lowest BCUT2D eigenvalue weighted by atomic mass is 9.98. The number of halogens is 1. The van der Waals surface area contributed by atoms with E-state index in [1.54, 1.807) is 12.1 Å². The molecule has 0 aliphatic heterocycles. The van der Waals surface area contributed by atoms with E-state index in [0.717, 1.165) is 41.8 Å². The summed E-state index contributed by atoms with van der Waals surface area (Å²) in [6.07, 6.45) is 1.86. The van der Waals surface area contributed by atoms with Crippen LogP contribution >= 0.6 is 23.4 Å². The Morgan fingerprint density at radius 1 is 1.21 bits per heavy atom. The van der Waals surface area contributed by atoms with Gasteiger partial charge in [0.25, 0.3) is 5.09 Å². The summed E-state index contributed by atoms with van der Waals surface area (Å²) in [6, 6.07) is 15.2. The van der Waals surface area contributed by atoms with Crippen LogP contribution < -0.4 is 11.6 Å². The van der Waals surface area contributed by atoms with E-state index in [4.69, 9.17) is 27.9 Å². The highest BCUT2D eigenvalue weighted by atomic mass is 35.5. The molecule has 1 amide bonds. The van der Waals surface area contributed by atoms with Gasteiger partial charge in [-0.1, -0.05) is 73.5 Å². The van der Waals surface area contributed by atoms with Crippen molar-refractivity contribution in [3.63, 3.8) is 0 Å². The predicted molar refractivity (Wildman–Crippen MR) is 161 cm³/mol. The zero-order valence-electron chi connectivity index (χ0n) is 23.1. The minimum Gasteiger partial charge on any atom is -0.446 e. The monoisotopic (exact) mass is 619 g/mol. The van der Waals surface area contributed by atoms with Crippen molar-refractivity contribution < 1.29 is 24.6 Å². The van der Waals surface area contributed by atoms with Gasteiger partial charge in [-0.3, -0.25) is 0 Å². The second kappa shape index (κ2) is 16.6.